The third kappa shape index (κ3) is 14.1. The Morgan fingerprint density at radius 2 is 1.20 bits per heavy atom. The zero-order chi connectivity index (χ0) is 38.9. The largest absolute Gasteiger partial charge is 0.343 e. The number of amides is 4. The van der Waals surface area contributed by atoms with Crippen LogP contribution >= 0.6 is 0 Å². The van der Waals surface area contributed by atoms with Crippen LogP contribution in [0.25, 0.3) is 6.08 Å². The minimum Gasteiger partial charge on any atom is -0.343 e. The highest BCUT2D eigenvalue weighted by molar-refractivity contribution is 5.96. The van der Waals surface area contributed by atoms with Crippen molar-refractivity contribution in [3.63, 3.8) is 0 Å². The van der Waals surface area contributed by atoms with Gasteiger partial charge in [-0.05, 0) is 84.7 Å². The van der Waals surface area contributed by atoms with Gasteiger partial charge in [0.05, 0.1) is 13.1 Å². The monoisotopic (exact) mass is 740 g/mol. The van der Waals surface area contributed by atoms with Crippen LogP contribution in [0.2, 0.25) is 0 Å². The van der Waals surface area contributed by atoms with Gasteiger partial charge in [-0.15, -0.1) is 6.42 Å². The second-order valence-corrected chi connectivity index (χ2v) is 12.8. The molecule has 0 aromatic heterocycles. The maximum atomic E-state index is 13.9. The van der Waals surface area contributed by atoms with Gasteiger partial charge in [0, 0.05) is 37.0 Å². The second kappa shape index (κ2) is 20.8. The van der Waals surface area contributed by atoms with Crippen molar-refractivity contribution in [2.75, 3.05) is 13.1 Å². The van der Waals surface area contributed by atoms with Gasteiger partial charge >= 0.3 is 0 Å². The third-order valence-electron chi connectivity index (χ3n) is 8.53. The molecule has 1 saturated carbocycles. The quantitative estimate of drug-likeness (QED) is 0.107. The van der Waals surface area contributed by atoms with Crippen molar-refractivity contribution in [2.24, 2.45) is 11.8 Å². The van der Waals surface area contributed by atoms with Gasteiger partial charge in [-0.1, -0.05) is 54.2 Å². The van der Waals surface area contributed by atoms with E-state index in [1.54, 1.807) is 24.3 Å². The number of halogens is 4. The van der Waals surface area contributed by atoms with Gasteiger partial charge in [-0.2, -0.15) is 0 Å². The van der Waals surface area contributed by atoms with E-state index in [9.17, 15) is 36.7 Å². The molecule has 3 aromatic rings. The Labute approximate surface area is 311 Å². The molecule has 0 aliphatic heterocycles. The van der Waals surface area contributed by atoms with E-state index in [0.29, 0.717) is 6.07 Å². The first-order valence-corrected chi connectivity index (χ1v) is 17.4. The van der Waals surface area contributed by atoms with Crippen molar-refractivity contribution < 1.29 is 36.7 Å². The van der Waals surface area contributed by atoms with Crippen molar-refractivity contribution in [2.45, 2.75) is 50.6 Å². The summed E-state index contributed by atoms with van der Waals surface area (Å²) in [5, 5.41) is 10.4. The fraction of sp³-hybridized carbons (Fsp3) is 0.286. The van der Waals surface area contributed by atoms with Crippen molar-refractivity contribution in [3.8, 4) is 24.2 Å². The molecule has 54 heavy (non-hydrogen) atoms. The van der Waals surface area contributed by atoms with Crippen molar-refractivity contribution in [1.29, 1.82) is 0 Å². The highest BCUT2D eigenvalue weighted by Gasteiger charge is 2.23. The van der Waals surface area contributed by atoms with Gasteiger partial charge in [-0.3, -0.25) is 19.2 Å². The smallest absolute Gasteiger partial charge is 0.244 e. The molecule has 0 radical (unpaired) electrons. The van der Waals surface area contributed by atoms with Crippen LogP contribution in [0.3, 0.4) is 0 Å². The van der Waals surface area contributed by atoms with Crippen LogP contribution in [-0.4, -0.2) is 48.8 Å². The fourth-order valence-corrected chi connectivity index (χ4v) is 5.91. The summed E-state index contributed by atoms with van der Waals surface area (Å²) >= 11 is 0. The number of terminal acetylenes is 1. The normalized spacial score (nSPS) is 16.4. The minimum absolute atomic E-state index is 0.0130. The molecule has 0 unspecified atom stereocenters. The average molecular weight is 741 g/mol. The number of hydrogen-bond acceptors (Lipinski definition) is 4. The molecule has 1 fully saturated rings. The van der Waals surface area contributed by atoms with E-state index >= 15 is 0 Å². The van der Waals surface area contributed by atoms with Crippen molar-refractivity contribution in [3.05, 3.63) is 125 Å². The summed E-state index contributed by atoms with van der Waals surface area (Å²) in [5.74, 6) is 3.03. The molecular weight excluding hydrogens is 700 g/mol. The predicted molar refractivity (Wildman–Crippen MR) is 197 cm³/mol. The van der Waals surface area contributed by atoms with Gasteiger partial charge in [0.25, 0.3) is 0 Å². The lowest BCUT2D eigenvalue weighted by atomic mass is 9.82. The number of hydrogen-bond donors (Lipinski definition) is 4. The Morgan fingerprint density at radius 1 is 0.704 bits per heavy atom. The number of nitrogens with one attached hydrogen (secondary N) is 4. The number of carbonyl (C=O) groups excluding carboxylic acids is 4. The van der Waals surface area contributed by atoms with Gasteiger partial charge < -0.3 is 21.3 Å². The maximum Gasteiger partial charge on any atom is 0.244 e. The van der Waals surface area contributed by atoms with E-state index in [2.05, 4.69) is 39.0 Å². The topological polar surface area (TPSA) is 116 Å². The third-order valence-corrected chi connectivity index (χ3v) is 8.53. The van der Waals surface area contributed by atoms with Gasteiger partial charge in [0.1, 0.15) is 35.4 Å². The zero-order valence-corrected chi connectivity index (χ0v) is 29.3. The van der Waals surface area contributed by atoms with E-state index in [0.717, 1.165) is 61.6 Å². The zero-order valence-electron chi connectivity index (χ0n) is 29.3. The van der Waals surface area contributed by atoms with E-state index in [1.807, 2.05) is 18.2 Å². The Hall–Kier alpha value is -6.14. The van der Waals surface area contributed by atoms with Gasteiger partial charge in [0.15, 0.2) is 0 Å². The molecule has 1 aliphatic carbocycles. The van der Waals surface area contributed by atoms with Crippen molar-refractivity contribution in [1.82, 2.24) is 21.3 Å². The lowest BCUT2D eigenvalue weighted by Crippen LogP contribution is -2.47. The average Bonchev–Trinajstić information content (AvgIpc) is 3.13. The molecule has 12 heteroatoms. The summed E-state index contributed by atoms with van der Waals surface area (Å²) in [6.07, 6.45) is 13.8. The molecule has 0 saturated heterocycles. The summed E-state index contributed by atoms with van der Waals surface area (Å²) in [4.78, 5) is 51.2. The van der Waals surface area contributed by atoms with Crippen LogP contribution in [0.4, 0.5) is 17.6 Å². The first kappa shape index (κ1) is 40.6. The van der Waals surface area contributed by atoms with Crippen LogP contribution in [0.1, 0.15) is 42.4 Å². The van der Waals surface area contributed by atoms with Gasteiger partial charge in [0.2, 0.25) is 23.6 Å². The highest BCUT2D eigenvalue weighted by atomic mass is 19.1. The number of carbonyl (C=O) groups is 4. The van der Waals surface area contributed by atoms with Crippen molar-refractivity contribution >= 4 is 29.7 Å². The van der Waals surface area contributed by atoms with E-state index in [-0.39, 0.29) is 48.9 Å². The minimum atomic E-state index is -1.13. The molecule has 0 bridgehead atoms. The molecule has 0 spiro atoms. The molecule has 3 aromatic carbocycles. The predicted octanol–water partition coefficient (Wildman–Crippen LogP) is 4.94. The summed E-state index contributed by atoms with van der Waals surface area (Å²) in [5.41, 5.74) is 1.16. The number of allylic oxidation sites excluding steroid dienone is 1. The second-order valence-electron chi connectivity index (χ2n) is 12.8. The van der Waals surface area contributed by atoms with E-state index in [4.69, 9.17) is 6.42 Å². The molecular formula is C42H40F4N4O4. The number of rotatable bonds is 14. The van der Waals surface area contributed by atoms with Crippen LogP contribution < -0.4 is 21.3 Å². The molecule has 4 N–H and O–H groups in total. The lowest BCUT2D eigenvalue weighted by Gasteiger charge is -2.23. The molecule has 2 atom stereocenters. The SMILES string of the molecule is C#CCNC(=O)[C@H](Cc1cc(F)cc(F)c1)NC(=O)/C=C/C1CCC(C#CCNC(=O)[C@H](Cc2cc(F)cc(F)c2)NC(=O)/C=C/c2ccccc2)CC1. The summed E-state index contributed by atoms with van der Waals surface area (Å²) < 4.78 is 55.1. The first-order valence-electron chi connectivity index (χ1n) is 17.4. The molecule has 8 nitrogen and oxygen atoms in total. The summed E-state index contributed by atoms with van der Waals surface area (Å²) in [7, 11) is 0. The van der Waals surface area contributed by atoms with Crippen LogP contribution in [-0.2, 0) is 32.0 Å². The molecule has 280 valence electrons. The molecule has 4 rings (SSSR count). The molecule has 0 heterocycles. The fourth-order valence-electron chi connectivity index (χ4n) is 5.91. The Bertz CT molecular complexity index is 1920. The summed E-state index contributed by atoms with van der Waals surface area (Å²) in [6, 6.07) is 12.6. The Balaban J connectivity index is 1.27. The van der Waals surface area contributed by atoms with Crippen LogP contribution in [0.5, 0.6) is 0 Å². The molecule has 4 amide bonds. The standard InChI is InChI=1S/C42H40F4N4O4/c1-2-18-47-41(53)37(24-31-20-33(43)26-34(44)21-31)49-40(52)17-15-30-12-10-29(11-13-30)9-6-19-48-42(54)38(25-32-22-35(45)27-36(46)23-32)50-39(51)16-14-28-7-4-3-5-8-28/h1,3-5,7-8,14-17,20-23,26-27,29-30,37-38H,10-13,18-19,24-25H2,(H,47,53)(H,48,54)(H,49,52)(H,50,51)/b16-14+,17-15+/t29?,30?,37-,38-/m0/s1. The van der Waals surface area contributed by atoms with E-state index in [1.165, 1.54) is 12.2 Å². The maximum absolute atomic E-state index is 13.9. The van der Waals surface area contributed by atoms with Gasteiger partial charge in [-0.25, -0.2) is 17.6 Å². The van der Waals surface area contributed by atoms with Crippen LogP contribution in [0.15, 0.2) is 85.0 Å². The summed E-state index contributed by atoms with van der Waals surface area (Å²) in [6.45, 7) is -0.0943. The van der Waals surface area contributed by atoms with E-state index < -0.39 is 59.0 Å². The van der Waals surface area contributed by atoms with Crippen LogP contribution in [0, 0.1) is 59.3 Å². The number of benzene rings is 3. The Kier molecular flexibility index (Phi) is 15.6. The lowest BCUT2D eigenvalue weighted by molar-refractivity contribution is -0.127. The first-order chi connectivity index (χ1) is 26.0. The molecule has 1 aliphatic rings. The Morgan fingerprint density at radius 3 is 1.72 bits per heavy atom. The highest BCUT2D eigenvalue weighted by Crippen LogP contribution is 2.29.